The van der Waals surface area contributed by atoms with Gasteiger partial charge in [-0.3, -0.25) is 9.80 Å². The van der Waals surface area contributed by atoms with Crippen LogP contribution in [0.25, 0.3) is 0 Å². The second-order valence-corrected chi connectivity index (χ2v) is 11.6. The van der Waals surface area contributed by atoms with E-state index in [1.807, 2.05) is 20.9 Å². The van der Waals surface area contributed by atoms with E-state index < -0.39 is 35.5 Å². The SMILES string of the molecule is CC[C@H]1CN(c2cc(F)c(N3CCN(C)CC3)c(F)c2)C(=O)O1.CC[C@H]1CN(c2cc(F)c(N3CCNCC3)c(F)c2)C(=O)O1. The molecule has 246 valence electrons. The van der Waals surface area contributed by atoms with Crippen molar-refractivity contribution >= 4 is 34.9 Å². The second kappa shape index (κ2) is 14.1. The number of ether oxygens (including phenoxy) is 2. The first-order valence-corrected chi connectivity index (χ1v) is 15.4. The summed E-state index contributed by atoms with van der Waals surface area (Å²) < 4.78 is 68.0. The number of cyclic esters (lactones) is 2. The van der Waals surface area contributed by atoms with Gasteiger partial charge < -0.3 is 29.5 Å². The van der Waals surface area contributed by atoms with Crippen molar-refractivity contribution in [2.75, 3.05) is 92.1 Å². The predicted molar refractivity (Wildman–Crippen MR) is 163 cm³/mol. The maximum atomic E-state index is 14.5. The number of nitrogens with one attached hydrogen (secondary N) is 1. The summed E-state index contributed by atoms with van der Waals surface area (Å²) in [6.45, 7) is 9.61. The number of anilines is 4. The molecule has 0 unspecified atom stereocenters. The van der Waals surface area contributed by atoms with Crippen LogP contribution < -0.4 is 24.9 Å². The lowest BCUT2D eigenvalue weighted by atomic mass is 10.2. The van der Waals surface area contributed by atoms with E-state index in [0.29, 0.717) is 65.2 Å². The Bertz CT molecular complexity index is 1340. The Morgan fingerprint density at radius 2 is 1.04 bits per heavy atom. The largest absolute Gasteiger partial charge is 0.444 e. The molecule has 4 aliphatic rings. The number of nitrogens with zero attached hydrogens (tertiary/aromatic N) is 5. The number of hydrogen-bond acceptors (Lipinski definition) is 8. The normalized spacial score (nSPS) is 22.4. The molecule has 0 spiro atoms. The summed E-state index contributed by atoms with van der Waals surface area (Å²) in [5.41, 5.74) is 0.375. The van der Waals surface area contributed by atoms with E-state index in [-0.39, 0.29) is 35.0 Å². The monoisotopic (exact) mass is 636 g/mol. The number of benzene rings is 2. The first-order valence-electron chi connectivity index (χ1n) is 15.4. The van der Waals surface area contributed by atoms with Crippen molar-refractivity contribution in [1.82, 2.24) is 10.2 Å². The third-order valence-corrected chi connectivity index (χ3v) is 8.54. The molecule has 0 radical (unpaired) electrons. The molecule has 0 aromatic heterocycles. The number of carbonyl (C=O) groups is 2. The van der Waals surface area contributed by atoms with E-state index in [1.54, 1.807) is 9.80 Å². The molecule has 2 atom stereocenters. The molecule has 2 aromatic rings. The van der Waals surface area contributed by atoms with E-state index in [4.69, 9.17) is 9.47 Å². The summed E-state index contributed by atoms with van der Waals surface area (Å²) >= 11 is 0. The van der Waals surface area contributed by atoms with Crippen LogP contribution in [0, 0.1) is 23.3 Å². The van der Waals surface area contributed by atoms with Gasteiger partial charge in [0.1, 0.15) is 23.6 Å². The van der Waals surface area contributed by atoms with Gasteiger partial charge in [-0.2, -0.15) is 0 Å². The van der Waals surface area contributed by atoms with Crippen LogP contribution in [0.1, 0.15) is 26.7 Å². The lowest BCUT2D eigenvalue weighted by molar-refractivity contribution is 0.138. The van der Waals surface area contributed by atoms with Gasteiger partial charge >= 0.3 is 12.2 Å². The molecule has 0 saturated carbocycles. The number of likely N-dealkylation sites (N-methyl/N-ethyl adjacent to an activating group) is 1. The minimum absolute atomic E-state index is 0.0125. The molecule has 4 heterocycles. The first kappa shape index (κ1) is 32.6. The number of carbonyl (C=O) groups excluding carboxylic acids is 2. The van der Waals surface area contributed by atoms with Gasteiger partial charge in [0, 0.05) is 76.6 Å². The van der Waals surface area contributed by atoms with Gasteiger partial charge in [-0.15, -0.1) is 0 Å². The summed E-state index contributed by atoms with van der Waals surface area (Å²) in [4.78, 5) is 31.7. The molecule has 4 aliphatic heterocycles. The van der Waals surface area contributed by atoms with E-state index in [0.717, 1.165) is 13.1 Å². The fourth-order valence-electron chi connectivity index (χ4n) is 5.83. The minimum atomic E-state index is -0.648. The number of rotatable bonds is 6. The Balaban J connectivity index is 0.000000178. The second-order valence-electron chi connectivity index (χ2n) is 11.6. The fraction of sp³-hybridized carbons (Fsp3) is 0.548. The standard InChI is InChI=1S/C16H21F2N3O2.C15H19F2N3O2/c1-3-12-10-21(16(22)23-12)11-8-13(17)15(14(18)9-11)20-6-4-19(2)5-7-20;1-2-11-9-20(15(21)22-11)10-7-12(16)14(13(17)8-10)19-5-3-18-4-6-19/h8-9,12H,3-7,10H2,1-2H3;7-8,11,18H,2-6,9H2,1H3/t12-;11-/m00/s1. The maximum absolute atomic E-state index is 14.5. The highest BCUT2D eigenvalue weighted by molar-refractivity contribution is 5.90. The topological polar surface area (TPSA) is 80.8 Å². The summed E-state index contributed by atoms with van der Waals surface area (Å²) in [6, 6.07) is 4.85. The summed E-state index contributed by atoms with van der Waals surface area (Å²) in [5, 5.41) is 3.14. The van der Waals surface area contributed by atoms with Gasteiger partial charge in [0.2, 0.25) is 0 Å². The number of piperazine rings is 2. The van der Waals surface area contributed by atoms with Gasteiger partial charge in [-0.25, -0.2) is 27.2 Å². The molecule has 4 saturated heterocycles. The average Bonchev–Trinajstić information content (AvgIpc) is 3.60. The third kappa shape index (κ3) is 7.22. The van der Waals surface area contributed by atoms with Crippen LogP contribution in [0.15, 0.2) is 24.3 Å². The first-order chi connectivity index (χ1) is 21.6. The van der Waals surface area contributed by atoms with Gasteiger partial charge in [0.05, 0.1) is 24.5 Å². The zero-order chi connectivity index (χ0) is 32.2. The quantitative estimate of drug-likeness (QED) is 0.463. The van der Waals surface area contributed by atoms with E-state index in [2.05, 4.69) is 10.2 Å². The zero-order valence-corrected chi connectivity index (χ0v) is 25.8. The van der Waals surface area contributed by atoms with Crippen molar-refractivity contribution in [2.24, 2.45) is 0 Å². The van der Waals surface area contributed by atoms with Crippen molar-refractivity contribution in [2.45, 2.75) is 38.9 Å². The van der Waals surface area contributed by atoms with Crippen LogP contribution in [-0.2, 0) is 9.47 Å². The Labute approximate surface area is 260 Å². The van der Waals surface area contributed by atoms with Gasteiger partial charge in [0.25, 0.3) is 0 Å². The summed E-state index contributed by atoms with van der Waals surface area (Å²) in [5.74, 6) is -2.58. The van der Waals surface area contributed by atoms with Crippen LogP contribution in [0.2, 0.25) is 0 Å². The molecule has 2 amide bonds. The molecule has 6 rings (SSSR count). The lowest BCUT2D eigenvalue weighted by Gasteiger charge is -2.34. The molecule has 0 bridgehead atoms. The highest BCUT2D eigenvalue weighted by atomic mass is 19.1. The van der Waals surface area contributed by atoms with Crippen LogP contribution >= 0.6 is 0 Å². The van der Waals surface area contributed by atoms with Crippen LogP contribution in [0.4, 0.5) is 49.9 Å². The maximum Gasteiger partial charge on any atom is 0.414 e. The van der Waals surface area contributed by atoms with E-state index in [9.17, 15) is 27.2 Å². The third-order valence-electron chi connectivity index (χ3n) is 8.54. The average molecular weight is 637 g/mol. The van der Waals surface area contributed by atoms with Crippen LogP contribution in [0.5, 0.6) is 0 Å². The Kier molecular flexibility index (Phi) is 10.2. The fourth-order valence-corrected chi connectivity index (χ4v) is 5.83. The molecule has 2 aromatic carbocycles. The molecular formula is C31H40F4N6O4. The Hall–Kier alpha value is -3.78. The van der Waals surface area contributed by atoms with Crippen molar-refractivity contribution in [1.29, 1.82) is 0 Å². The molecular weight excluding hydrogens is 596 g/mol. The van der Waals surface area contributed by atoms with Crippen molar-refractivity contribution in [3.8, 4) is 0 Å². The number of halogens is 4. The predicted octanol–water partition coefficient (Wildman–Crippen LogP) is 4.56. The van der Waals surface area contributed by atoms with Crippen molar-refractivity contribution in [3.05, 3.63) is 47.5 Å². The highest BCUT2D eigenvalue weighted by Crippen LogP contribution is 2.33. The Morgan fingerprint density at radius 3 is 1.40 bits per heavy atom. The summed E-state index contributed by atoms with van der Waals surface area (Å²) in [7, 11) is 1.98. The van der Waals surface area contributed by atoms with Crippen LogP contribution in [-0.4, -0.2) is 102 Å². The number of hydrogen-bond donors (Lipinski definition) is 1. The van der Waals surface area contributed by atoms with Crippen LogP contribution in [0.3, 0.4) is 0 Å². The van der Waals surface area contributed by atoms with Crippen molar-refractivity contribution < 1.29 is 36.6 Å². The molecule has 4 fully saturated rings. The molecule has 10 nitrogen and oxygen atoms in total. The molecule has 0 aliphatic carbocycles. The van der Waals surface area contributed by atoms with E-state index >= 15 is 0 Å². The smallest absolute Gasteiger partial charge is 0.414 e. The van der Waals surface area contributed by atoms with Crippen molar-refractivity contribution in [3.63, 3.8) is 0 Å². The Morgan fingerprint density at radius 1 is 0.667 bits per heavy atom. The molecule has 1 N–H and O–H groups in total. The minimum Gasteiger partial charge on any atom is -0.444 e. The summed E-state index contributed by atoms with van der Waals surface area (Å²) in [6.07, 6.45) is -0.223. The van der Waals surface area contributed by atoms with E-state index in [1.165, 1.54) is 34.1 Å². The number of amides is 2. The highest BCUT2D eigenvalue weighted by Gasteiger charge is 2.34. The molecule has 14 heteroatoms. The zero-order valence-electron chi connectivity index (χ0n) is 25.8. The molecule has 45 heavy (non-hydrogen) atoms. The van der Waals surface area contributed by atoms with Gasteiger partial charge in [0.15, 0.2) is 23.3 Å². The van der Waals surface area contributed by atoms with Gasteiger partial charge in [-0.05, 0) is 19.9 Å². The van der Waals surface area contributed by atoms with Gasteiger partial charge in [-0.1, -0.05) is 13.8 Å². The lowest BCUT2D eigenvalue weighted by Crippen LogP contribution is -2.45.